The van der Waals surface area contributed by atoms with Crippen molar-refractivity contribution >= 4 is 5.91 Å². The van der Waals surface area contributed by atoms with Crippen molar-refractivity contribution < 1.29 is 13.9 Å². The standard InChI is InChI=1S/C23H29FN4O2/c24-19-6-4-18(5-7-19)22(28-13-15-30-16-14-28)23(29)26-20-8-11-27(12-9-20)17-21-3-1-2-10-25-21/h1-7,10,20,22H,8-9,11-17H2,(H,26,29). The Morgan fingerprint density at radius 3 is 2.50 bits per heavy atom. The molecule has 0 aliphatic carbocycles. The number of nitrogens with zero attached hydrogens (tertiary/aromatic N) is 3. The quantitative estimate of drug-likeness (QED) is 0.790. The number of amides is 1. The van der Waals surface area contributed by atoms with Crippen LogP contribution in [0.3, 0.4) is 0 Å². The molecule has 2 fully saturated rings. The minimum Gasteiger partial charge on any atom is -0.379 e. The normalized spacial score (nSPS) is 20.0. The summed E-state index contributed by atoms with van der Waals surface area (Å²) in [5, 5.41) is 3.26. The molecule has 0 radical (unpaired) electrons. The zero-order chi connectivity index (χ0) is 20.8. The third-order valence-electron chi connectivity index (χ3n) is 5.89. The fourth-order valence-electron chi connectivity index (χ4n) is 4.25. The molecule has 2 aromatic rings. The number of ether oxygens (including phenoxy) is 1. The first-order chi connectivity index (χ1) is 14.7. The second kappa shape index (κ2) is 10.1. The molecule has 0 spiro atoms. The van der Waals surface area contributed by atoms with Gasteiger partial charge in [0, 0.05) is 45.0 Å². The van der Waals surface area contributed by atoms with Crippen LogP contribution < -0.4 is 5.32 Å². The largest absolute Gasteiger partial charge is 0.379 e. The van der Waals surface area contributed by atoms with Gasteiger partial charge in [-0.3, -0.25) is 19.6 Å². The highest BCUT2D eigenvalue weighted by molar-refractivity contribution is 5.83. The molecule has 2 aliphatic rings. The Morgan fingerprint density at radius 2 is 1.83 bits per heavy atom. The first kappa shape index (κ1) is 20.9. The van der Waals surface area contributed by atoms with Crippen molar-refractivity contribution in [1.29, 1.82) is 0 Å². The number of nitrogens with one attached hydrogen (secondary N) is 1. The van der Waals surface area contributed by atoms with Gasteiger partial charge < -0.3 is 10.1 Å². The second-order valence-electron chi connectivity index (χ2n) is 7.98. The molecule has 3 heterocycles. The van der Waals surface area contributed by atoms with Crippen LogP contribution >= 0.6 is 0 Å². The third kappa shape index (κ3) is 5.41. The van der Waals surface area contributed by atoms with Crippen LogP contribution in [0.25, 0.3) is 0 Å². The molecule has 0 bridgehead atoms. The molecule has 160 valence electrons. The van der Waals surface area contributed by atoms with Gasteiger partial charge in [-0.15, -0.1) is 0 Å². The van der Waals surface area contributed by atoms with Gasteiger partial charge in [-0.1, -0.05) is 18.2 Å². The molecule has 1 atom stereocenters. The second-order valence-corrected chi connectivity index (χ2v) is 7.98. The minimum absolute atomic E-state index is 0.00770. The maximum absolute atomic E-state index is 13.4. The first-order valence-electron chi connectivity index (χ1n) is 10.7. The fraction of sp³-hybridized carbons (Fsp3) is 0.478. The molecule has 2 aliphatic heterocycles. The number of piperidine rings is 1. The average molecular weight is 413 g/mol. The predicted molar refractivity (Wildman–Crippen MR) is 112 cm³/mol. The number of carbonyl (C=O) groups is 1. The molecule has 4 rings (SSSR count). The molecule has 1 N–H and O–H groups in total. The maximum Gasteiger partial charge on any atom is 0.242 e. The first-order valence-corrected chi connectivity index (χ1v) is 10.7. The van der Waals surface area contributed by atoms with E-state index in [0.29, 0.717) is 26.3 Å². The van der Waals surface area contributed by atoms with E-state index >= 15 is 0 Å². The summed E-state index contributed by atoms with van der Waals surface area (Å²) in [6, 6.07) is 12.0. The van der Waals surface area contributed by atoms with Crippen LogP contribution in [-0.2, 0) is 16.1 Å². The van der Waals surface area contributed by atoms with E-state index in [1.807, 2.05) is 24.4 Å². The van der Waals surface area contributed by atoms with Crippen LogP contribution in [0.15, 0.2) is 48.7 Å². The molecular formula is C23H29FN4O2. The molecule has 1 unspecified atom stereocenters. The Bertz CT molecular complexity index is 804. The molecule has 6 nitrogen and oxygen atoms in total. The van der Waals surface area contributed by atoms with Crippen molar-refractivity contribution in [2.75, 3.05) is 39.4 Å². The Hall–Kier alpha value is -2.35. The van der Waals surface area contributed by atoms with Gasteiger partial charge in [0.05, 0.1) is 18.9 Å². The summed E-state index contributed by atoms with van der Waals surface area (Å²) in [5.41, 5.74) is 1.90. The zero-order valence-corrected chi connectivity index (χ0v) is 17.2. The summed E-state index contributed by atoms with van der Waals surface area (Å²) in [6.07, 6.45) is 3.65. The van der Waals surface area contributed by atoms with Crippen LogP contribution in [-0.4, -0.2) is 66.1 Å². The van der Waals surface area contributed by atoms with Crippen molar-refractivity contribution in [2.45, 2.75) is 31.5 Å². The molecule has 2 saturated heterocycles. The van der Waals surface area contributed by atoms with Crippen LogP contribution in [0.5, 0.6) is 0 Å². The van der Waals surface area contributed by atoms with Crippen molar-refractivity contribution in [2.24, 2.45) is 0 Å². The van der Waals surface area contributed by atoms with E-state index in [2.05, 4.69) is 20.1 Å². The van der Waals surface area contributed by atoms with Crippen molar-refractivity contribution in [3.8, 4) is 0 Å². The molecule has 1 amide bonds. The lowest BCUT2D eigenvalue weighted by molar-refractivity contribution is -0.129. The summed E-state index contributed by atoms with van der Waals surface area (Å²) in [7, 11) is 0. The maximum atomic E-state index is 13.4. The fourth-order valence-corrected chi connectivity index (χ4v) is 4.25. The number of rotatable bonds is 6. The zero-order valence-electron chi connectivity index (χ0n) is 17.2. The predicted octanol–water partition coefficient (Wildman–Crippen LogP) is 2.37. The summed E-state index contributed by atoms with van der Waals surface area (Å²) in [4.78, 5) is 22.2. The highest BCUT2D eigenvalue weighted by atomic mass is 19.1. The van der Waals surface area contributed by atoms with Crippen molar-refractivity contribution in [3.63, 3.8) is 0 Å². The van der Waals surface area contributed by atoms with E-state index in [-0.39, 0.29) is 17.8 Å². The summed E-state index contributed by atoms with van der Waals surface area (Å²) >= 11 is 0. The van der Waals surface area contributed by atoms with Crippen LogP contribution in [0, 0.1) is 5.82 Å². The lowest BCUT2D eigenvalue weighted by atomic mass is 10.0. The Morgan fingerprint density at radius 1 is 1.10 bits per heavy atom. The van der Waals surface area contributed by atoms with E-state index < -0.39 is 6.04 Å². The van der Waals surface area contributed by atoms with Crippen LogP contribution in [0.4, 0.5) is 4.39 Å². The monoisotopic (exact) mass is 412 g/mol. The molecule has 1 aromatic carbocycles. The average Bonchev–Trinajstić information content (AvgIpc) is 2.78. The van der Waals surface area contributed by atoms with Gasteiger partial charge in [0.2, 0.25) is 5.91 Å². The lowest BCUT2D eigenvalue weighted by Gasteiger charge is -2.36. The molecule has 30 heavy (non-hydrogen) atoms. The van der Waals surface area contributed by atoms with Gasteiger partial charge in [0.1, 0.15) is 11.9 Å². The summed E-state index contributed by atoms with van der Waals surface area (Å²) < 4.78 is 18.9. The van der Waals surface area contributed by atoms with E-state index in [9.17, 15) is 9.18 Å². The van der Waals surface area contributed by atoms with Gasteiger partial charge in [0.25, 0.3) is 0 Å². The number of pyridine rings is 1. The van der Waals surface area contributed by atoms with Crippen LogP contribution in [0.1, 0.15) is 30.1 Å². The number of hydrogen-bond donors (Lipinski definition) is 1. The van der Waals surface area contributed by atoms with E-state index in [1.54, 1.807) is 12.1 Å². The molecule has 0 saturated carbocycles. The van der Waals surface area contributed by atoms with Crippen molar-refractivity contribution in [1.82, 2.24) is 20.1 Å². The highest BCUT2D eigenvalue weighted by Crippen LogP contribution is 2.24. The molecule has 7 heteroatoms. The summed E-state index contributed by atoms with van der Waals surface area (Å²) in [6.45, 7) is 5.30. The van der Waals surface area contributed by atoms with Gasteiger partial charge in [-0.05, 0) is 42.7 Å². The van der Waals surface area contributed by atoms with E-state index in [1.165, 1.54) is 12.1 Å². The number of halogens is 1. The van der Waals surface area contributed by atoms with Crippen LogP contribution in [0.2, 0.25) is 0 Å². The SMILES string of the molecule is O=C(NC1CCN(Cc2ccccn2)CC1)C(c1ccc(F)cc1)N1CCOCC1. The van der Waals surface area contributed by atoms with Gasteiger partial charge >= 0.3 is 0 Å². The Labute approximate surface area is 177 Å². The smallest absolute Gasteiger partial charge is 0.242 e. The number of hydrogen-bond acceptors (Lipinski definition) is 5. The van der Waals surface area contributed by atoms with Crippen molar-refractivity contribution in [3.05, 3.63) is 65.7 Å². The van der Waals surface area contributed by atoms with Gasteiger partial charge in [-0.25, -0.2) is 4.39 Å². The molecular weight excluding hydrogens is 383 g/mol. The third-order valence-corrected chi connectivity index (χ3v) is 5.89. The number of morpholine rings is 1. The van der Waals surface area contributed by atoms with Gasteiger partial charge in [0.15, 0.2) is 0 Å². The minimum atomic E-state index is -0.416. The highest BCUT2D eigenvalue weighted by Gasteiger charge is 2.31. The molecule has 1 aromatic heterocycles. The number of carbonyl (C=O) groups excluding carboxylic acids is 1. The lowest BCUT2D eigenvalue weighted by Crippen LogP contribution is -2.50. The number of aromatic nitrogens is 1. The summed E-state index contributed by atoms with van der Waals surface area (Å²) in [5.74, 6) is -0.299. The van der Waals surface area contributed by atoms with Gasteiger partial charge in [-0.2, -0.15) is 0 Å². The Balaban J connectivity index is 1.36. The topological polar surface area (TPSA) is 57.7 Å². The Kier molecular flexibility index (Phi) is 7.04. The number of likely N-dealkylation sites (tertiary alicyclic amines) is 1. The van der Waals surface area contributed by atoms with E-state index in [4.69, 9.17) is 4.74 Å². The number of benzene rings is 1. The van der Waals surface area contributed by atoms with E-state index in [0.717, 1.165) is 43.7 Å².